The van der Waals surface area contributed by atoms with Gasteiger partial charge in [-0.15, -0.1) is 0 Å². The number of hydrogen-bond donors (Lipinski definition) is 3. The molecule has 0 spiro atoms. The van der Waals surface area contributed by atoms with Gasteiger partial charge in [0, 0.05) is 19.4 Å². The zero-order chi connectivity index (χ0) is 15.0. The maximum atomic E-state index is 11.5. The maximum absolute atomic E-state index is 11.5. The molecule has 1 atom stereocenters. The molecule has 20 heavy (non-hydrogen) atoms. The number of aliphatic carboxylic acids is 1. The molecule has 0 aliphatic heterocycles. The fourth-order valence-corrected chi connectivity index (χ4v) is 2.54. The molecule has 0 heterocycles. The minimum absolute atomic E-state index is 0.0448. The summed E-state index contributed by atoms with van der Waals surface area (Å²) >= 11 is 0. The molecule has 1 unspecified atom stereocenters. The summed E-state index contributed by atoms with van der Waals surface area (Å²) in [7, 11) is 0. The number of amides is 3. The summed E-state index contributed by atoms with van der Waals surface area (Å²) in [5, 5.41) is 13.5. The summed E-state index contributed by atoms with van der Waals surface area (Å²) in [6.07, 6.45) is 5.91. The first-order valence-electron chi connectivity index (χ1n) is 7.27. The lowest BCUT2D eigenvalue weighted by atomic mass is 9.89. The second kappa shape index (κ2) is 8.55. The SMILES string of the molecule is CC(CC(=O)O)CC(=O)NC(=O)NCC1CCCCC1. The Labute approximate surface area is 119 Å². The third kappa shape index (κ3) is 7.11. The van der Waals surface area contributed by atoms with Gasteiger partial charge in [0.05, 0.1) is 0 Å². The highest BCUT2D eigenvalue weighted by atomic mass is 16.4. The van der Waals surface area contributed by atoms with Crippen LogP contribution in [0.2, 0.25) is 0 Å². The highest BCUT2D eigenvalue weighted by molar-refractivity contribution is 5.94. The lowest BCUT2D eigenvalue weighted by molar-refractivity contribution is -0.138. The van der Waals surface area contributed by atoms with Gasteiger partial charge in [-0.2, -0.15) is 0 Å². The number of nitrogens with one attached hydrogen (secondary N) is 2. The van der Waals surface area contributed by atoms with Gasteiger partial charge in [0.25, 0.3) is 0 Å². The van der Waals surface area contributed by atoms with Crippen LogP contribution in [0.1, 0.15) is 51.9 Å². The van der Waals surface area contributed by atoms with Crippen molar-refractivity contribution in [1.82, 2.24) is 10.6 Å². The normalized spacial score (nSPS) is 17.2. The Morgan fingerprint density at radius 3 is 2.40 bits per heavy atom. The van der Waals surface area contributed by atoms with E-state index in [-0.39, 0.29) is 18.8 Å². The van der Waals surface area contributed by atoms with Crippen molar-refractivity contribution in [2.75, 3.05) is 6.54 Å². The fraction of sp³-hybridized carbons (Fsp3) is 0.786. The largest absolute Gasteiger partial charge is 0.481 e. The highest BCUT2D eigenvalue weighted by Crippen LogP contribution is 2.22. The zero-order valence-electron chi connectivity index (χ0n) is 12.0. The lowest BCUT2D eigenvalue weighted by Gasteiger charge is -2.21. The van der Waals surface area contributed by atoms with E-state index < -0.39 is 17.9 Å². The van der Waals surface area contributed by atoms with Crippen molar-refractivity contribution in [2.45, 2.75) is 51.9 Å². The minimum atomic E-state index is -0.938. The van der Waals surface area contributed by atoms with Gasteiger partial charge in [-0.1, -0.05) is 26.2 Å². The first-order valence-corrected chi connectivity index (χ1v) is 7.27. The predicted molar refractivity (Wildman–Crippen MR) is 74.2 cm³/mol. The maximum Gasteiger partial charge on any atom is 0.321 e. The molecular weight excluding hydrogens is 260 g/mol. The van der Waals surface area contributed by atoms with Crippen molar-refractivity contribution in [3.8, 4) is 0 Å². The Hall–Kier alpha value is -1.59. The van der Waals surface area contributed by atoms with Crippen molar-refractivity contribution >= 4 is 17.9 Å². The molecule has 0 aromatic rings. The quantitative estimate of drug-likeness (QED) is 0.694. The molecule has 6 heteroatoms. The summed E-state index contributed by atoms with van der Waals surface area (Å²) < 4.78 is 0. The molecule has 3 N–H and O–H groups in total. The van der Waals surface area contributed by atoms with E-state index in [2.05, 4.69) is 10.6 Å². The molecule has 0 bridgehead atoms. The van der Waals surface area contributed by atoms with E-state index in [9.17, 15) is 14.4 Å². The van der Waals surface area contributed by atoms with E-state index in [4.69, 9.17) is 5.11 Å². The average molecular weight is 284 g/mol. The van der Waals surface area contributed by atoms with Crippen LogP contribution in [0.4, 0.5) is 4.79 Å². The molecule has 1 saturated carbocycles. The standard InChI is InChI=1S/C14H24N2O4/c1-10(8-13(18)19)7-12(17)16-14(20)15-9-11-5-3-2-4-6-11/h10-11H,2-9H2,1H3,(H,18,19)(H2,15,16,17,20). The van der Waals surface area contributed by atoms with Crippen LogP contribution in [0.5, 0.6) is 0 Å². The smallest absolute Gasteiger partial charge is 0.321 e. The summed E-state index contributed by atoms with van der Waals surface area (Å²) in [6.45, 7) is 2.28. The van der Waals surface area contributed by atoms with Crippen molar-refractivity contribution in [1.29, 1.82) is 0 Å². The summed E-state index contributed by atoms with van der Waals surface area (Å²) in [5.74, 6) is -1.14. The number of imide groups is 1. The van der Waals surface area contributed by atoms with Crippen molar-refractivity contribution in [3.63, 3.8) is 0 Å². The Morgan fingerprint density at radius 1 is 1.15 bits per heavy atom. The molecule has 1 fully saturated rings. The molecule has 0 aromatic heterocycles. The number of hydrogen-bond acceptors (Lipinski definition) is 3. The van der Waals surface area contributed by atoms with Crippen LogP contribution in [0, 0.1) is 11.8 Å². The second-order valence-electron chi connectivity index (χ2n) is 5.67. The molecule has 1 aliphatic carbocycles. The Morgan fingerprint density at radius 2 is 1.80 bits per heavy atom. The average Bonchev–Trinajstić information content (AvgIpc) is 2.36. The molecule has 1 rings (SSSR count). The second-order valence-corrected chi connectivity index (χ2v) is 5.67. The van der Waals surface area contributed by atoms with Gasteiger partial charge in [0.2, 0.25) is 5.91 Å². The van der Waals surface area contributed by atoms with E-state index in [0.717, 1.165) is 12.8 Å². The molecule has 1 aliphatic rings. The van der Waals surface area contributed by atoms with Gasteiger partial charge >= 0.3 is 12.0 Å². The molecule has 6 nitrogen and oxygen atoms in total. The van der Waals surface area contributed by atoms with Gasteiger partial charge in [-0.3, -0.25) is 14.9 Å². The van der Waals surface area contributed by atoms with Crippen LogP contribution in [0.15, 0.2) is 0 Å². The van der Waals surface area contributed by atoms with E-state index in [1.165, 1.54) is 19.3 Å². The van der Waals surface area contributed by atoms with Gasteiger partial charge in [-0.25, -0.2) is 4.79 Å². The van der Waals surface area contributed by atoms with Crippen LogP contribution in [0.25, 0.3) is 0 Å². The number of carboxylic acid groups (broad SMARTS) is 1. The van der Waals surface area contributed by atoms with Crippen LogP contribution in [0.3, 0.4) is 0 Å². The monoisotopic (exact) mass is 284 g/mol. The van der Waals surface area contributed by atoms with Crippen molar-refractivity contribution in [3.05, 3.63) is 0 Å². The zero-order valence-corrected chi connectivity index (χ0v) is 12.0. The number of carbonyl (C=O) groups is 3. The molecule has 0 radical (unpaired) electrons. The third-order valence-corrected chi connectivity index (χ3v) is 3.59. The van der Waals surface area contributed by atoms with Gasteiger partial charge in [0.15, 0.2) is 0 Å². The predicted octanol–water partition coefficient (Wildman–Crippen LogP) is 1.89. The van der Waals surface area contributed by atoms with E-state index in [0.29, 0.717) is 12.5 Å². The summed E-state index contributed by atoms with van der Waals surface area (Å²) in [5.41, 5.74) is 0. The van der Waals surface area contributed by atoms with E-state index in [1.807, 2.05) is 0 Å². The number of urea groups is 1. The third-order valence-electron chi connectivity index (χ3n) is 3.59. The summed E-state index contributed by atoms with van der Waals surface area (Å²) in [4.78, 5) is 33.6. The molecule has 3 amide bonds. The highest BCUT2D eigenvalue weighted by Gasteiger charge is 2.17. The van der Waals surface area contributed by atoms with E-state index in [1.54, 1.807) is 6.92 Å². The first-order chi connectivity index (χ1) is 9.47. The topological polar surface area (TPSA) is 95.5 Å². The molecule has 114 valence electrons. The van der Waals surface area contributed by atoms with Crippen LogP contribution < -0.4 is 10.6 Å². The lowest BCUT2D eigenvalue weighted by Crippen LogP contribution is -2.42. The van der Waals surface area contributed by atoms with Crippen LogP contribution >= 0.6 is 0 Å². The number of carbonyl (C=O) groups excluding carboxylic acids is 2. The molecule has 0 saturated heterocycles. The minimum Gasteiger partial charge on any atom is -0.481 e. The Balaban J connectivity index is 2.17. The van der Waals surface area contributed by atoms with Crippen LogP contribution in [-0.2, 0) is 9.59 Å². The number of carboxylic acids is 1. The van der Waals surface area contributed by atoms with Gasteiger partial charge < -0.3 is 10.4 Å². The van der Waals surface area contributed by atoms with Crippen LogP contribution in [-0.4, -0.2) is 29.6 Å². The van der Waals surface area contributed by atoms with Crippen molar-refractivity contribution in [2.24, 2.45) is 11.8 Å². The Kier molecular flexibility index (Phi) is 7.04. The molecular formula is C14H24N2O4. The first kappa shape index (κ1) is 16.5. The van der Waals surface area contributed by atoms with Gasteiger partial charge in [0.1, 0.15) is 0 Å². The van der Waals surface area contributed by atoms with E-state index >= 15 is 0 Å². The Bertz CT molecular complexity index is 351. The number of rotatable bonds is 6. The van der Waals surface area contributed by atoms with Gasteiger partial charge in [-0.05, 0) is 24.7 Å². The fourth-order valence-electron chi connectivity index (χ4n) is 2.54. The summed E-state index contributed by atoms with van der Waals surface area (Å²) in [6, 6.07) is -0.483. The van der Waals surface area contributed by atoms with Crippen molar-refractivity contribution < 1.29 is 19.5 Å². The molecule has 0 aromatic carbocycles.